The van der Waals surface area contributed by atoms with E-state index < -0.39 is 54.7 Å². The molecule has 0 saturated carbocycles. The summed E-state index contributed by atoms with van der Waals surface area (Å²) in [5.74, 6) is -1.06. The van der Waals surface area contributed by atoms with Gasteiger partial charge in [-0.2, -0.15) is 21.6 Å². The van der Waals surface area contributed by atoms with E-state index in [9.17, 15) is 35.7 Å². The Balaban J connectivity index is 2.29. The largest absolute Gasteiger partial charge is 0.417 e. The molecule has 1 heterocycles. The fourth-order valence-corrected chi connectivity index (χ4v) is 4.74. The summed E-state index contributed by atoms with van der Waals surface area (Å²) in [5.41, 5.74) is 1.15. The molecule has 4 rings (SSSR count). The van der Waals surface area contributed by atoms with Crippen LogP contribution in [0.3, 0.4) is 0 Å². The number of carbonyl (C=O) groups is 1. The first-order valence-corrected chi connectivity index (χ1v) is 11.5. The van der Waals surface area contributed by atoms with E-state index in [2.05, 4.69) is 0 Å². The smallest absolute Gasteiger partial charge is 0.367 e. The van der Waals surface area contributed by atoms with E-state index >= 15 is 0 Å². The van der Waals surface area contributed by atoms with Crippen LogP contribution < -0.4 is 11.3 Å². The van der Waals surface area contributed by atoms with E-state index in [1.807, 2.05) is 0 Å². The first kappa shape index (κ1) is 24.2. The van der Waals surface area contributed by atoms with Crippen molar-refractivity contribution in [2.75, 3.05) is 0 Å². The summed E-state index contributed by atoms with van der Waals surface area (Å²) in [4.78, 5) is 25.8. The Bertz CT molecular complexity index is 1560. The molecule has 0 fully saturated rings. The number of hydrogen-bond donors (Lipinski definition) is 2. The summed E-state index contributed by atoms with van der Waals surface area (Å²) in [6.07, 6.45) is -5.05. The number of nitrogens with zero attached hydrogens (tertiary/aromatic N) is 1. The van der Waals surface area contributed by atoms with Crippen LogP contribution in [0.15, 0.2) is 94.6 Å². The highest BCUT2D eigenvalue weighted by Crippen LogP contribution is 2.39. The molecule has 0 aliphatic rings. The highest BCUT2D eigenvalue weighted by molar-refractivity contribution is 7.85. The van der Waals surface area contributed by atoms with Crippen molar-refractivity contribution in [1.29, 1.82) is 0 Å². The van der Waals surface area contributed by atoms with E-state index in [0.29, 0.717) is 6.07 Å². The number of amides is 1. The van der Waals surface area contributed by atoms with Crippen LogP contribution in [0.4, 0.5) is 13.2 Å². The minimum Gasteiger partial charge on any atom is -0.367 e. The maximum Gasteiger partial charge on any atom is 0.417 e. The Morgan fingerprint density at radius 3 is 1.80 bits per heavy atom. The van der Waals surface area contributed by atoms with Crippen molar-refractivity contribution in [3.8, 4) is 0 Å². The van der Waals surface area contributed by atoms with Gasteiger partial charge in [-0.05, 0) is 29.3 Å². The highest BCUT2D eigenvalue weighted by atomic mass is 32.2. The van der Waals surface area contributed by atoms with Gasteiger partial charge >= 0.3 is 6.18 Å². The van der Waals surface area contributed by atoms with Gasteiger partial charge in [-0.25, -0.2) is 0 Å². The quantitative estimate of drug-likeness (QED) is 0.405. The number of aromatic nitrogens is 1. The average Bonchev–Trinajstić information content (AvgIpc) is 2.80. The molecule has 0 atom stereocenters. The van der Waals surface area contributed by atoms with Crippen LogP contribution in [-0.2, 0) is 26.6 Å². The Morgan fingerprint density at radius 1 is 0.857 bits per heavy atom. The molecule has 35 heavy (non-hydrogen) atoms. The van der Waals surface area contributed by atoms with Crippen LogP contribution in [-0.4, -0.2) is 23.4 Å². The third-order valence-corrected chi connectivity index (χ3v) is 6.52. The van der Waals surface area contributed by atoms with Gasteiger partial charge < -0.3 is 5.73 Å². The third kappa shape index (κ3) is 3.98. The van der Waals surface area contributed by atoms with Gasteiger partial charge in [0.1, 0.15) is 0 Å². The summed E-state index contributed by atoms with van der Waals surface area (Å²) >= 11 is 0. The molecule has 4 aromatic rings. The number of halogens is 3. The van der Waals surface area contributed by atoms with Crippen LogP contribution >= 0.6 is 0 Å². The van der Waals surface area contributed by atoms with E-state index in [1.54, 1.807) is 36.4 Å². The molecule has 0 bridgehead atoms. The summed E-state index contributed by atoms with van der Waals surface area (Å²) in [6, 6.07) is 18.2. The van der Waals surface area contributed by atoms with Crippen LogP contribution in [0.1, 0.15) is 16.7 Å². The van der Waals surface area contributed by atoms with Gasteiger partial charge in [0.2, 0.25) is 0 Å². The van der Waals surface area contributed by atoms with Crippen molar-refractivity contribution in [1.82, 2.24) is 4.57 Å². The summed E-state index contributed by atoms with van der Waals surface area (Å²) in [6.45, 7) is 0. The number of rotatable bonds is 5. The van der Waals surface area contributed by atoms with Crippen molar-refractivity contribution in [3.05, 3.63) is 112 Å². The lowest BCUT2D eigenvalue weighted by Gasteiger charge is -2.35. The van der Waals surface area contributed by atoms with Crippen molar-refractivity contribution >= 4 is 26.9 Å². The first-order chi connectivity index (χ1) is 16.4. The van der Waals surface area contributed by atoms with E-state index in [0.717, 1.165) is 16.7 Å². The first-order valence-electron chi connectivity index (χ1n) is 10.0. The Morgan fingerprint density at radius 2 is 1.37 bits per heavy atom. The molecule has 0 spiro atoms. The molecular weight excluding hydrogens is 485 g/mol. The Labute approximate surface area is 197 Å². The monoisotopic (exact) mass is 502 g/mol. The predicted octanol–water partition coefficient (Wildman–Crippen LogP) is 3.54. The van der Waals surface area contributed by atoms with Crippen LogP contribution in [0, 0.1) is 0 Å². The lowest BCUT2D eigenvalue weighted by atomic mass is 9.81. The van der Waals surface area contributed by atoms with Gasteiger partial charge in [-0.15, -0.1) is 0 Å². The molecule has 0 saturated heterocycles. The van der Waals surface area contributed by atoms with E-state index in [4.69, 9.17) is 5.73 Å². The minimum absolute atomic E-state index is 0.195. The minimum atomic E-state index is -5.05. The van der Waals surface area contributed by atoms with Gasteiger partial charge in [-0.1, -0.05) is 60.7 Å². The number of nitrogens with two attached hydrogens (primary N) is 1. The van der Waals surface area contributed by atoms with Crippen molar-refractivity contribution in [2.45, 2.75) is 16.6 Å². The van der Waals surface area contributed by atoms with Gasteiger partial charge in [0.05, 0.1) is 16.0 Å². The molecule has 1 amide bonds. The highest BCUT2D eigenvalue weighted by Gasteiger charge is 2.45. The topological polar surface area (TPSA) is 119 Å². The van der Waals surface area contributed by atoms with E-state index in [-0.39, 0.29) is 17.2 Å². The fraction of sp³-hybridized carbons (Fsp3) is 0.0833. The molecule has 3 N–H and O–H groups in total. The van der Waals surface area contributed by atoms with Gasteiger partial charge in [0.25, 0.3) is 21.6 Å². The van der Waals surface area contributed by atoms with Crippen molar-refractivity contribution < 1.29 is 30.9 Å². The fourth-order valence-electron chi connectivity index (χ4n) is 4.23. The number of pyridine rings is 1. The normalized spacial score (nSPS) is 12.6. The molecule has 0 aliphatic carbocycles. The number of benzene rings is 3. The molecule has 0 unspecified atom stereocenters. The zero-order valence-electron chi connectivity index (χ0n) is 17.7. The number of hydrogen-bond acceptors (Lipinski definition) is 4. The zero-order valence-corrected chi connectivity index (χ0v) is 18.5. The molecule has 0 aliphatic heterocycles. The zero-order chi connectivity index (χ0) is 25.6. The molecule has 3 aromatic carbocycles. The third-order valence-electron chi connectivity index (χ3n) is 5.67. The molecular formula is C24H17F3N2O5S. The lowest BCUT2D eigenvalue weighted by molar-refractivity contribution is -0.136. The molecule has 180 valence electrons. The maximum absolute atomic E-state index is 13.9. The van der Waals surface area contributed by atoms with E-state index in [1.165, 1.54) is 24.3 Å². The predicted molar refractivity (Wildman–Crippen MR) is 121 cm³/mol. The second-order valence-corrected chi connectivity index (χ2v) is 9.11. The average molecular weight is 502 g/mol. The summed E-state index contributed by atoms with van der Waals surface area (Å²) in [5, 5.41) is -0.718. The van der Waals surface area contributed by atoms with Crippen LogP contribution in [0.5, 0.6) is 0 Å². The summed E-state index contributed by atoms with van der Waals surface area (Å²) < 4.78 is 75.3. The van der Waals surface area contributed by atoms with Gasteiger partial charge in [0, 0.05) is 11.5 Å². The van der Waals surface area contributed by atoms with Crippen molar-refractivity contribution in [2.24, 2.45) is 5.73 Å². The maximum atomic E-state index is 13.9. The lowest BCUT2D eigenvalue weighted by Crippen LogP contribution is -2.52. The van der Waals surface area contributed by atoms with Gasteiger partial charge in [-0.3, -0.25) is 18.7 Å². The molecule has 11 heteroatoms. The number of primary amides is 1. The van der Waals surface area contributed by atoms with Gasteiger partial charge in [0.15, 0.2) is 5.54 Å². The van der Waals surface area contributed by atoms with Crippen LogP contribution in [0.25, 0.3) is 10.9 Å². The second-order valence-electron chi connectivity index (χ2n) is 7.69. The molecule has 0 radical (unpaired) electrons. The number of carbonyl (C=O) groups excluding carboxylic acids is 1. The number of alkyl halides is 3. The summed E-state index contributed by atoms with van der Waals surface area (Å²) in [7, 11) is -4.88. The molecule has 1 aromatic heterocycles. The SMILES string of the molecule is NC(=O)C(c1ccccc1)(c1ccccc1)n1c(=O)cc(C(F)(F)F)c2cc(S(=O)(=O)O)ccc21. The van der Waals surface area contributed by atoms with Crippen molar-refractivity contribution in [3.63, 3.8) is 0 Å². The Hall–Kier alpha value is -3.96. The molecule has 7 nitrogen and oxygen atoms in total. The Kier molecular flexibility index (Phi) is 5.78. The van der Waals surface area contributed by atoms with Crippen LogP contribution in [0.2, 0.25) is 0 Å². The standard InChI is InChI=1S/C24H17F3N2O5S/c25-24(26,27)19-14-21(30)29(20-12-11-17(13-18(19)20)35(32,33)34)23(22(28)31,15-7-3-1-4-8-15)16-9-5-2-6-10-16/h1-14H,(H2,28,31)(H,32,33,34). The second kappa shape index (κ2) is 8.36. The number of fused-ring (bicyclic) bond motifs is 1.